The quantitative estimate of drug-likeness (QED) is 0.802. The number of Topliss-reactive ketones (excluding diaryl/α,β-unsaturated/α-hetero) is 1. The molecule has 0 unspecified atom stereocenters. The van der Waals surface area contributed by atoms with E-state index >= 15 is 0 Å². The minimum Gasteiger partial charge on any atom is -0.311 e. The van der Waals surface area contributed by atoms with Crippen LogP contribution in [0.15, 0.2) is 36.5 Å². The number of carbonyl (C=O) groups is 2. The van der Waals surface area contributed by atoms with Gasteiger partial charge in [0.05, 0.1) is 12.2 Å². The van der Waals surface area contributed by atoms with E-state index in [-0.39, 0.29) is 30.3 Å². The van der Waals surface area contributed by atoms with E-state index in [1.165, 1.54) is 43.5 Å². The van der Waals surface area contributed by atoms with E-state index in [9.17, 15) is 14.0 Å². The number of benzene rings is 1. The van der Waals surface area contributed by atoms with E-state index in [0.717, 1.165) is 12.8 Å². The molecule has 132 valence electrons. The molecule has 1 aromatic heterocycles. The Morgan fingerprint density at radius 3 is 2.52 bits per heavy atom. The molecule has 1 fully saturated rings. The van der Waals surface area contributed by atoms with E-state index < -0.39 is 0 Å². The fourth-order valence-electron chi connectivity index (χ4n) is 3.24. The lowest BCUT2D eigenvalue weighted by Crippen LogP contribution is -2.20. The summed E-state index contributed by atoms with van der Waals surface area (Å²) in [6.07, 6.45) is 7.65. The van der Waals surface area contributed by atoms with Crippen LogP contribution >= 0.6 is 0 Å². The number of halogens is 1. The van der Waals surface area contributed by atoms with Crippen LogP contribution in [0.25, 0.3) is 0 Å². The number of nitrogens with zero attached hydrogens (tertiary/aromatic N) is 2. The maximum atomic E-state index is 12.9. The number of amides is 1. The molecular weight excluding hydrogens is 321 g/mol. The van der Waals surface area contributed by atoms with Gasteiger partial charge in [-0.15, -0.1) is 0 Å². The molecule has 25 heavy (non-hydrogen) atoms. The predicted octanol–water partition coefficient (Wildman–Crippen LogP) is 4.13. The summed E-state index contributed by atoms with van der Waals surface area (Å²) in [5.41, 5.74) is 0.418. The summed E-state index contributed by atoms with van der Waals surface area (Å²) in [4.78, 5) is 24.2. The van der Waals surface area contributed by atoms with Crippen LogP contribution in [0, 0.1) is 5.82 Å². The number of aromatic nitrogens is 2. The van der Waals surface area contributed by atoms with Gasteiger partial charge in [-0.25, -0.2) is 9.07 Å². The van der Waals surface area contributed by atoms with Crippen molar-refractivity contribution in [1.29, 1.82) is 0 Å². The first-order valence-electron chi connectivity index (χ1n) is 8.75. The highest BCUT2D eigenvalue weighted by molar-refractivity contribution is 5.99. The zero-order chi connectivity index (χ0) is 17.6. The molecule has 1 saturated carbocycles. The monoisotopic (exact) mass is 343 g/mol. The van der Waals surface area contributed by atoms with Crippen molar-refractivity contribution < 1.29 is 14.0 Å². The molecule has 6 heteroatoms. The molecule has 0 spiro atoms. The fraction of sp³-hybridized carbons (Fsp3) is 0.421. The number of nitrogens with one attached hydrogen (secondary N) is 1. The average Bonchev–Trinajstić information content (AvgIpc) is 3.09. The van der Waals surface area contributed by atoms with Crippen molar-refractivity contribution in [2.75, 3.05) is 5.32 Å². The molecule has 0 radical (unpaired) electrons. The summed E-state index contributed by atoms with van der Waals surface area (Å²) < 4.78 is 14.8. The molecule has 0 bridgehead atoms. The molecule has 1 amide bonds. The molecule has 3 rings (SSSR count). The summed E-state index contributed by atoms with van der Waals surface area (Å²) in [5, 5.41) is 7.20. The Labute approximate surface area is 146 Å². The largest absolute Gasteiger partial charge is 0.311 e. The maximum absolute atomic E-state index is 12.9. The van der Waals surface area contributed by atoms with Crippen LogP contribution in [-0.2, 0) is 4.79 Å². The van der Waals surface area contributed by atoms with Gasteiger partial charge in [-0.05, 0) is 37.1 Å². The van der Waals surface area contributed by atoms with E-state index in [2.05, 4.69) is 10.4 Å². The Morgan fingerprint density at radius 1 is 1.08 bits per heavy atom. The van der Waals surface area contributed by atoms with E-state index in [0.29, 0.717) is 17.4 Å². The van der Waals surface area contributed by atoms with Crippen LogP contribution < -0.4 is 5.32 Å². The number of ketones is 1. The third-order valence-electron chi connectivity index (χ3n) is 4.60. The Kier molecular flexibility index (Phi) is 5.58. The number of anilines is 1. The summed E-state index contributed by atoms with van der Waals surface area (Å²) >= 11 is 0. The summed E-state index contributed by atoms with van der Waals surface area (Å²) in [5.74, 6) is -0.0830. The zero-order valence-electron chi connectivity index (χ0n) is 14.1. The van der Waals surface area contributed by atoms with E-state index in [1.807, 2.05) is 4.68 Å². The molecule has 0 atom stereocenters. The van der Waals surface area contributed by atoms with Crippen molar-refractivity contribution in [3.8, 4) is 0 Å². The van der Waals surface area contributed by atoms with Crippen molar-refractivity contribution >= 4 is 17.5 Å². The van der Waals surface area contributed by atoms with Gasteiger partial charge in [-0.2, -0.15) is 5.10 Å². The lowest BCUT2D eigenvalue weighted by Gasteiger charge is -2.23. The minimum atomic E-state index is -0.384. The Morgan fingerprint density at radius 2 is 1.80 bits per heavy atom. The number of hydrogen-bond acceptors (Lipinski definition) is 3. The van der Waals surface area contributed by atoms with Crippen LogP contribution in [-0.4, -0.2) is 21.5 Å². The van der Waals surface area contributed by atoms with Gasteiger partial charge in [0, 0.05) is 24.5 Å². The van der Waals surface area contributed by atoms with Crippen LogP contribution in [0.4, 0.5) is 10.2 Å². The lowest BCUT2D eigenvalue weighted by molar-refractivity contribution is -0.116. The van der Waals surface area contributed by atoms with Gasteiger partial charge in [-0.1, -0.05) is 19.3 Å². The standard InChI is InChI=1S/C19H22FN3O2/c20-15-8-6-14(7-9-15)17(24)10-11-19(25)22-18-12-13-21-23(18)16-4-2-1-3-5-16/h6-9,12-13,16H,1-5,10-11H2,(H,22,25). The van der Waals surface area contributed by atoms with Gasteiger partial charge in [0.2, 0.25) is 5.91 Å². The minimum absolute atomic E-state index is 0.0893. The fourth-order valence-corrected chi connectivity index (χ4v) is 3.24. The molecule has 1 heterocycles. The normalized spacial score (nSPS) is 15.1. The zero-order valence-corrected chi connectivity index (χ0v) is 14.1. The molecule has 0 saturated heterocycles. The summed E-state index contributed by atoms with van der Waals surface area (Å²) in [7, 11) is 0. The van der Waals surface area contributed by atoms with Gasteiger partial charge in [0.25, 0.3) is 0 Å². The van der Waals surface area contributed by atoms with Crippen molar-refractivity contribution in [3.63, 3.8) is 0 Å². The first-order valence-corrected chi connectivity index (χ1v) is 8.75. The van der Waals surface area contributed by atoms with Crippen molar-refractivity contribution in [2.45, 2.75) is 51.0 Å². The summed E-state index contributed by atoms with van der Waals surface area (Å²) in [6.45, 7) is 0. The van der Waals surface area contributed by atoms with Crippen LogP contribution in [0.3, 0.4) is 0 Å². The Balaban J connectivity index is 1.53. The van der Waals surface area contributed by atoms with Crippen LogP contribution in [0.1, 0.15) is 61.3 Å². The van der Waals surface area contributed by atoms with Crippen molar-refractivity contribution in [2.24, 2.45) is 0 Å². The number of rotatable bonds is 6. The highest BCUT2D eigenvalue weighted by atomic mass is 19.1. The SMILES string of the molecule is O=C(CCC(=O)c1ccc(F)cc1)Nc1ccnn1C1CCCCC1. The van der Waals surface area contributed by atoms with Gasteiger partial charge in [-0.3, -0.25) is 9.59 Å². The first-order chi connectivity index (χ1) is 12.1. The molecule has 0 aliphatic heterocycles. The number of hydrogen-bond donors (Lipinski definition) is 1. The second kappa shape index (κ2) is 8.05. The molecule has 1 N–H and O–H groups in total. The third-order valence-corrected chi connectivity index (χ3v) is 4.60. The van der Waals surface area contributed by atoms with Crippen molar-refractivity contribution in [3.05, 3.63) is 47.9 Å². The number of carbonyl (C=O) groups excluding carboxylic acids is 2. The molecule has 1 aliphatic rings. The second-order valence-corrected chi connectivity index (χ2v) is 6.43. The Hall–Kier alpha value is -2.50. The molecule has 1 aliphatic carbocycles. The molecule has 5 nitrogen and oxygen atoms in total. The Bertz CT molecular complexity index is 733. The van der Waals surface area contributed by atoms with E-state index in [1.54, 1.807) is 12.3 Å². The van der Waals surface area contributed by atoms with Crippen LogP contribution in [0.2, 0.25) is 0 Å². The average molecular weight is 343 g/mol. The molecule has 2 aromatic rings. The topological polar surface area (TPSA) is 64.0 Å². The second-order valence-electron chi connectivity index (χ2n) is 6.43. The molecule has 1 aromatic carbocycles. The van der Waals surface area contributed by atoms with Gasteiger partial charge in [0.1, 0.15) is 11.6 Å². The van der Waals surface area contributed by atoms with Gasteiger partial charge in [0.15, 0.2) is 5.78 Å². The first kappa shape index (κ1) is 17.3. The van der Waals surface area contributed by atoms with Crippen molar-refractivity contribution in [1.82, 2.24) is 9.78 Å². The maximum Gasteiger partial charge on any atom is 0.225 e. The lowest BCUT2D eigenvalue weighted by atomic mass is 9.96. The third kappa shape index (κ3) is 4.53. The van der Waals surface area contributed by atoms with Gasteiger partial charge >= 0.3 is 0 Å². The smallest absolute Gasteiger partial charge is 0.225 e. The van der Waals surface area contributed by atoms with Gasteiger partial charge < -0.3 is 5.32 Å². The highest BCUT2D eigenvalue weighted by Crippen LogP contribution is 2.29. The highest BCUT2D eigenvalue weighted by Gasteiger charge is 2.19. The molecular formula is C19H22FN3O2. The summed E-state index contributed by atoms with van der Waals surface area (Å²) in [6, 6.07) is 7.49. The van der Waals surface area contributed by atoms with E-state index in [4.69, 9.17) is 0 Å². The predicted molar refractivity (Wildman–Crippen MR) is 92.9 cm³/mol. The van der Waals surface area contributed by atoms with Crippen LogP contribution in [0.5, 0.6) is 0 Å².